The summed E-state index contributed by atoms with van der Waals surface area (Å²) < 4.78 is 20.3. The number of ether oxygens (including phenoxy) is 1. The molecule has 5 rings (SSSR count). The van der Waals surface area contributed by atoms with E-state index in [9.17, 15) is 4.39 Å². The largest absolute Gasteiger partial charge is 0.485 e. The topological polar surface area (TPSA) is 103 Å². The van der Waals surface area contributed by atoms with Crippen LogP contribution >= 0.6 is 0 Å². The molecule has 162 valence electrons. The second kappa shape index (κ2) is 8.63. The van der Waals surface area contributed by atoms with Crippen molar-refractivity contribution in [2.45, 2.75) is 18.9 Å². The number of hydrogen-bond donors (Lipinski definition) is 1. The summed E-state index contributed by atoms with van der Waals surface area (Å²) in [6.45, 7) is 2.93. The molecule has 2 aromatic heterocycles. The minimum Gasteiger partial charge on any atom is -0.485 e. The number of benzene rings is 1. The highest BCUT2D eigenvalue weighted by Gasteiger charge is 2.32. The van der Waals surface area contributed by atoms with Crippen molar-refractivity contribution < 1.29 is 9.13 Å². The summed E-state index contributed by atoms with van der Waals surface area (Å²) in [5.74, 6) is 1.85. The molecule has 32 heavy (non-hydrogen) atoms. The number of rotatable bonds is 4. The number of fused-ring (bicyclic) bond motifs is 1. The molecule has 1 aromatic carbocycles. The Labute approximate surface area is 184 Å². The number of hydrogen-bond acceptors (Lipinski definition) is 9. The van der Waals surface area contributed by atoms with Gasteiger partial charge in [0.25, 0.3) is 0 Å². The predicted molar refractivity (Wildman–Crippen MR) is 117 cm³/mol. The van der Waals surface area contributed by atoms with E-state index in [1.807, 2.05) is 12.1 Å². The quantitative estimate of drug-likeness (QED) is 0.666. The maximum Gasteiger partial charge on any atom is 0.225 e. The average molecular weight is 432 g/mol. The molecule has 0 atom stereocenters. The van der Waals surface area contributed by atoms with Crippen LogP contribution in [0.25, 0.3) is 0 Å². The summed E-state index contributed by atoms with van der Waals surface area (Å²) in [6.07, 6.45) is 6.85. The van der Waals surface area contributed by atoms with Crippen LogP contribution in [0.4, 0.5) is 27.7 Å². The molecule has 4 heterocycles. The Balaban J connectivity index is 1.34. The lowest BCUT2D eigenvalue weighted by molar-refractivity contribution is 0.290. The summed E-state index contributed by atoms with van der Waals surface area (Å²) in [5.41, 5.74) is 0.481. The number of nitrogens with one attached hydrogen (secondary N) is 1. The Bertz CT molecular complexity index is 1140. The number of aromatic nitrogens is 4. The predicted octanol–water partition coefficient (Wildman–Crippen LogP) is 2.89. The molecule has 10 heteroatoms. The van der Waals surface area contributed by atoms with E-state index in [-0.39, 0.29) is 11.3 Å². The summed E-state index contributed by atoms with van der Waals surface area (Å²) >= 11 is 0. The molecular formula is C22H21FN8O. The Morgan fingerprint density at radius 3 is 2.66 bits per heavy atom. The molecular weight excluding hydrogens is 411 g/mol. The highest BCUT2D eigenvalue weighted by Crippen LogP contribution is 2.39. The zero-order valence-corrected chi connectivity index (χ0v) is 17.3. The second-order valence-corrected chi connectivity index (χ2v) is 7.62. The van der Waals surface area contributed by atoms with Crippen LogP contribution in [-0.4, -0.2) is 52.2 Å². The van der Waals surface area contributed by atoms with E-state index in [2.05, 4.69) is 35.1 Å². The Morgan fingerprint density at radius 1 is 1.09 bits per heavy atom. The van der Waals surface area contributed by atoms with E-state index in [0.717, 1.165) is 38.4 Å². The van der Waals surface area contributed by atoms with Gasteiger partial charge in [0.2, 0.25) is 11.7 Å². The molecule has 0 aliphatic carbocycles. The van der Waals surface area contributed by atoms with E-state index in [0.29, 0.717) is 30.0 Å². The van der Waals surface area contributed by atoms with E-state index in [4.69, 9.17) is 10.00 Å². The first-order valence-electron chi connectivity index (χ1n) is 10.5. The number of piperidine rings is 1. The molecule has 0 unspecified atom stereocenters. The first-order chi connectivity index (χ1) is 15.7. The third-order valence-corrected chi connectivity index (χ3v) is 5.73. The number of anilines is 4. The highest BCUT2D eigenvalue weighted by molar-refractivity contribution is 5.71. The van der Waals surface area contributed by atoms with Crippen LogP contribution < -0.4 is 19.9 Å². The van der Waals surface area contributed by atoms with Crippen molar-refractivity contribution in [3.8, 4) is 11.8 Å². The molecule has 9 nitrogen and oxygen atoms in total. The molecule has 1 fully saturated rings. The van der Waals surface area contributed by atoms with Crippen LogP contribution in [0.2, 0.25) is 0 Å². The normalized spacial score (nSPS) is 16.1. The van der Waals surface area contributed by atoms with E-state index >= 15 is 0 Å². The van der Waals surface area contributed by atoms with Gasteiger partial charge in [0.15, 0.2) is 11.6 Å². The average Bonchev–Trinajstić information content (AvgIpc) is 2.86. The maximum absolute atomic E-state index is 14.4. The summed E-state index contributed by atoms with van der Waals surface area (Å²) in [7, 11) is 0. The van der Waals surface area contributed by atoms with Crippen LogP contribution in [0.3, 0.4) is 0 Å². The van der Waals surface area contributed by atoms with Crippen molar-refractivity contribution in [2.75, 3.05) is 41.4 Å². The molecule has 2 aliphatic heterocycles. The summed E-state index contributed by atoms with van der Waals surface area (Å²) in [5, 5.41) is 11.9. The van der Waals surface area contributed by atoms with Gasteiger partial charge in [-0.3, -0.25) is 0 Å². The van der Waals surface area contributed by atoms with Crippen LogP contribution in [0, 0.1) is 17.1 Å². The van der Waals surface area contributed by atoms with Gasteiger partial charge >= 0.3 is 0 Å². The monoisotopic (exact) mass is 432 g/mol. The second-order valence-electron chi connectivity index (χ2n) is 7.62. The van der Waals surface area contributed by atoms with Crippen LogP contribution in [-0.2, 0) is 0 Å². The van der Waals surface area contributed by atoms with E-state index in [1.165, 1.54) is 18.5 Å². The molecule has 3 aromatic rings. The zero-order chi connectivity index (χ0) is 21.9. The minimum absolute atomic E-state index is 0.224. The standard InChI is InChI=1S/C22H21FN8O/c23-17-12-15(13-24)2-3-18(17)29-20-19-21(28-14-27-20)31(10-11-32-19)16-4-8-30(9-5-16)22-25-6-1-7-26-22/h1-3,6-7,12,14,16H,4-5,8-11H2,(H,27,28,29). The van der Waals surface area contributed by atoms with Crippen molar-refractivity contribution in [1.29, 1.82) is 5.26 Å². The van der Waals surface area contributed by atoms with Gasteiger partial charge in [-0.2, -0.15) is 5.26 Å². The molecule has 1 saturated heterocycles. The molecule has 0 radical (unpaired) electrons. The SMILES string of the molecule is N#Cc1ccc(Nc2ncnc3c2OCCN3C2CCN(c3ncccn3)CC2)c(F)c1. The first kappa shape index (κ1) is 19.9. The lowest BCUT2D eigenvalue weighted by atomic mass is 10.0. The van der Waals surface area contributed by atoms with Gasteiger partial charge in [-0.05, 0) is 37.1 Å². The van der Waals surface area contributed by atoms with Crippen LogP contribution in [0.1, 0.15) is 18.4 Å². The van der Waals surface area contributed by atoms with Gasteiger partial charge < -0.3 is 19.9 Å². The Morgan fingerprint density at radius 2 is 1.91 bits per heavy atom. The van der Waals surface area contributed by atoms with Crippen LogP contribution in [0.15, 0.2) is 43.0 Å². The van der Waals surface area contributed by atoms with Gasteiger partial charge in [-0.25, -0.2) is 24.3 Å². The van der Waals surface area contributed by atoms with Gasteiger partial charge in [0.05, 0.1) is 23.9 Å². The van der Waals surface area contributed by atoms with Crippen molar-refractivity contribution in [1.82, 2.24) is 19.9 Å². The summed E-state index contributed by atoms with van der Waals surface area (Å²) in [4.78, 5) is 21.9. The smallest absolute Gasteiger partial charge is 0.225 e. The van der Waals surface area contributed by atoms with Gasteiger partial charge in [-0.15, -0.1) is 0 Å². The van der Waals surface area contributed by atoms with E-state index < -0.39 is 5.82 Å². The third kappa shape index (κ3) is 3.85. The minimum atomic E-state index is -0.528. The number of halogens is 1. The highest BCUT2D eigenvalue weighted by atomic mass is 19.1. The Hall–Kier alpha value is -4.00. The fourth-order valence-electron chi connectivity index (χ4n) is 4.14. The maximum atomic E-state index is 14.4. The fourth-order valence-corrected chi connectivity index (χ4v) is 4.14. The van der Waals surface area contributed by atoms with Crippen molar-refractivity contribution in [3.05, 3.63) is 54.4 Å². The van der Waals surface area contributed by atoms with Crippen molar-refractivity contribution in [3.63, 3.8) is 0 Å². The van der Waals surface area contributed by atoms with Gasteiger partial charge in [0, 0.05) is 31.5 Å². The lowest BCUT2D eigenvalue weighted by Crippen LogP contribution is -2.48. The fraction of sp³-hybridized carbons (Fsp3) is 0.318. The molecule has 1 N–H and O–H groups in total. The molecule has 0 saturated carbocycles. The van der Waals surface area contributed by atoms with Gasteiger partial charge in [-0.1, -0.05) is 0 Å². The molecule has 2 aliphatic rings. The van der Waals surface area contributed by atoms with E-state index in [1.54, 1.807) is 18.5 Å². The lowest BCUT2D eigenvalue weighted by Gasteiger charge is -2.41. The molecule has 0 spiro atoms. The summed E-state index contributed by atoms with van der Waals surface area (Å²) in [6, 6.07) is 8.30. The van der Waals surface area contributed by atoms with Crippen molar-refractivity contribution in [2.24, 2.45) is 0 Å². The molecule has 0 bridgehead atoms. The zero-order valence-electron chi connectivity index (χ0n) is 17.3. The number of nitrogens with zero attached hydrogens (tertiary/aromatic N) is 7. The third-order valence-electron chi connectivity index (χ3n) is 5.73. The van der Waals surface area contributed by atoms with Crippen molar-refractivity contribution >= 4 is 23.3 Å². The first-order valence-corrected chi connectivity index (χ1v) is 10.5. The Kier molecular flexibility index (Phi) is 5.37. The van der Waals surface area contributed by atoms with Gasteiger partial charge in [0.1, 0.15) is 18.8 Å². The number of nitriles is 1. The van der Waals surface area contributed by atoms with Crippen LogP contribution in [0.5, 0.6) is 5.75 Å². The molecule has 0 amide bonds.